The number of nitrogens with zero attached hydrogens (tertiary/aromatic N) is 1. The molecule has 1 amide bonds. The summed E-state index contributed by atoms with van der Waals surface area (Å²) in [6.45, 7) is 1.87. The van der Waals surface area contributed by atoms with Crippen LogP contribution in [0.15, 0.2) is 54.7 Å². The van der Waals surface area contributed by atoms with E-state index < -0.39 is 0 Å². The fourth-order valence-corrected chi connectivity index (χ4v) is 2.22. The monoisotopic (exact) mass is 278 g/mol. The van der Waals surface area contributed by atoms with Crippen molar-refractivity contribution in [3.63, 3.8) is 0 Å². The molecule has 2 aromatic carbocycles. The van der Waals surface area contributed by atoms with E-state index in [1.165, 1.54) is 0 Å². The van der Waals surface area contributed by atoms with E-state index in [0.717, 1.165) is 10.9 Å². The molecule has 0 fully saturated rings. The van der Waals surface area contributed by atoms with Crippen LogP contribution in [-0.2, 0) is 0 Å². The van der Waals surface area contributed by atoms with Crippen LogP contribution >= 0.6 is 0 Å². The molecule has 21 heavy (non-hydrogen) atoms. The van der Waals surface area contributed by atoms with E-state index in [1.807, 2.05) is 37.3 Å². The molecule has 0 atom stereocenters. The molecule has 3 rings (SSSR count). The zero-order valence-electron chi connectivity index (χ0n) is 11.5. The minimum Gasteiger partial charge on any atom is -0.506 e. The van der Waals surface area contributed by atoms with E-state index >= 15 is 0 Å². The number of benzene rings is 2. The molecule has 0 aliphatic heterocycles. The number of aryl methyl sites for hydroxylation is 1. The lowest BCUT2D eigenvalue weighted by atomic mass is 10.1. The number of para-hydroxylation sites is 1. The number of hydrogen-bond donors (Lipinski definition) is 2. The second-order valence-electron chi connectivity index (χ2n) is 4.86. The fraction of sp³-hybridized carbons (Fsp3) is 0.0588. The van der Waals surface area contributed by atoms with Gasteiger partial charge in [-0.25, -0.2) is 0 Å². The fourth-order valence-electron chi connectivity index (χ4n) is 2.22. The first-order chi connectivity index (χ1) is 10.1. The number of aromatic nitrogens is 1. The highest BCUT2D eigenvalue weighted by atomic mass is 16.3. The number of fused-ring (bicyclic) bond motifs is 1. The van der Waals surface area contributed by atoms with E-state index in [0.29, 0.717) is 16.8 Å². The molecule has 0 spiro atoms. The van der Waals surface area contributed by atoms with E-state index in [-0.39, 0.29) is 11.7 Å². The van der Waals surface area contributed by atoms with Crippen LogP contribution < -0.4 is 5.32 Å². The van der Waals surface area contributed by atoms with E-state index in [2.05, 4.69) is 10.3 Å². The highest BCUT2D eigenvalue weighted by molar-refractivity contribution is 6.12. The first kappa shape index (κ1) is 13.1. The van der Waals surface area contributed by atoms with Gasteiger partial charge in [0.1, 0.15) is 5.75 Å². The Kier molecular flexibility index (Phi) is 3.28. The van der Waals surface area contributed by atoms with Crippen LogP contribution in [0.1, 0.15) is 15.9 Å². The predicted molar refractivity (Wildman–Crippen MR) is 82.5 cm³/mol. The van der Waals surface area contributed by atoms with Gasteiger partial charge in [0, 0.05) is 11.6 Å². The lowest BCUT2D eigenvalue weighted by molar-refractivity contribution is 0.102. The second kappa shape index (κ2) is 5.25. The number of carbonyl (C=O) groups excluding carboxylic acids is 1. The van der Waals surface area contributed by atoms with Crippen molar-refractivity contribution in [3.05, 3.63) is 65.9 Å². The number of pyridine rings is 1. The second-order valence-corrected chi connectivity index (χ2v) is 4.86. The van der Waals surface area contributed by atoms with Crippen LogP contribution in [0.4, 0.5) is 5.69 Å². The molecule has 3 aromatic rings. The molecular weight excluding hydrogens is 264 g/mol. The molecule has 0 unspecified atom stereocenters. The van der Waals surface area contributed by atoms with Gasteiger partial charge >= 0.3 is 0 Å². The third-order valence-electron chi connectivity index (χ3n) is 3.28. The van der Waals surface area contributed by atoms with Gasteiger partial charge in [0.05, 0.1) is 16.8 Å². The summed E-state index contributed by atoms with van der Waals surface area (Å²) in [6.07, 6.45) is 1.66. The summed E-state index contributed by atoms with van der Waals surface area (Å²) in [4.78, 5) is 16.7. The molecule has 4 nitrogen and oxygen atoms in total. The minimum absolute atomic E-state index is 0.0524. The van der Waals surface area contributed by atoms with Crippen molar-refractivity contribution < 1.29 is 9.90 Å². The number of aromatic hydroxyl groups is 1. The number of anilines is 1. The Bertz CT molecular complexity index is 823. The normalized spacial score (nSPS) is 10.5. The quantitative estimate of drug-likeness (QED) is 0.705. The van der Waals surface area contributed by atoms with Crippen LogP contribution in [0.25, 0.3) is 10.9 Å². The smallest absolute Gasteiger partial charge is 0.257 e. The van der Waals surface area contributed by atoms with Crippen molar-refractivity contribution in [3.8, 4) is 5.75 Å². The maximum atomic E-state index is 12.4. The van der Waals surface area contributed by atoms with E-state index in [4.69, 9.17) is 0 Å². The zero-order valence-corrected chi connectivity index (χ0v) is 11.5. The Morgan fingerprint density at radius 3 is 2.76 bits per heavy atom. The van der Waals surface area contributed by atoms with Gasteiger partial charge in [0.2, 0.25) is 0 Å². The third-order valence-corrected chi connectivity index (χ3v) is 3.28. The number of phenolic OH excluding ortho intramolecular Hbond substituents is 1. The summed E-state index contributed by atoms with van der Waals surface area (Å²) in [5.74, 6) is -0.241. The molecule has 4 heteroatoms. The number of amides is 1. The maximum Gasteiger partial charge on any atom is 0.257 e. The topological polar surface area (TPSA) is 62.2 Å². The van der Waals surface area contributed by atoms with Gasteiger partial charge < -0.3 is 10.4 Å². The summed E-state index contributed by atoms with van der Waals surface area (Å²) in [7, 11) is 0. The summed E-state index contributed by atoms with van der Waals surface area (Å²) >= 11 is 0. The largest absolute Gasteiger partial charge is 0.506 e. The van der Waals surface area contributed by atoms with Gasteiger partial charge in [-0.2, -0.15) is 0 Å². The average molecular weight is 278 g/mol. The standard InChI is InChI=1S/C17H14N2O2/c1-11-7-8-14(15(20)10-11)19-17(21)13-6-2-4-12-5-3-9-18-16(12)13/h2-10,20H,1H3,(H,19,21). The van der Waals surface area contributed by atoms with Crippen molar-refractivity contribution in [2.45, 2.75) is 6.92 Å². The Labute approximate surface area is 122 Å². The molecule has 0 aliphatic carbocycles. The number of nitrogens with one attached hydrogen (secondary N) is 1. The Morgan fingerprint density at radius 2 is 1.95 bits per heavy atom. The molecule has 0 radical (unpaired) electrons. The van der Waals surface area contributed by atoms with Crippen molar-refractivity contribution >= 4 is 22.5 Å². The van der Waals surface area contributed by atoms with E-state index in [1.54, 1.807) is 24.4 Å². The molecule has 0 saturated carbocycles. The maximum absolute atomic E-state index is 12.4. The molecule has 1 heterocycles. The van der Waals surface area contributed by atoms with Crippen molar-refractivity contribution in [1.29, 1.82) is 0 Å². The van der Waals surface area contributed by atoms with Crippen LogP contribution in [0.5, 0.6) is 5.75 Å². The zero-order chi connectivity index (χ0) is 14.8. The SMILES string of the molecule is Cc1ccc(NC(=O)c2cccc3cccnc23)c(O)c1. The molecular formula is C17H14N2O2. The number of carbonyl (C=O) groups is 1. The summed E-state index contributed by atoms with van der Waals surface area (Å²) in [6, 6.07) is 14.3. The Hall–Kier alpha value is -2.88. The minimum atomic E-state index is -0.293. The highest BCUT2D eigenvalue weighted by Gasteiger charge is 2.12. The van der Waals surface area contributed by atoms with Crippen molar-refractivity contribution in [2.75, 3.05) is 5.32 Å². The van der Waals surface area contributed by atoms with Crippen LogP contribution in [0.3, 0.4) is 0 Å². The first-order valence-corrected chi connectivity index (χ1v) is 6.60. The first-order valence-electron chi connectivity index (χ1n) is 6.60. The lowest BCUT2D eigenvalue weighted by Crippen LogP contribution is -2.12. The van der Waals surface area contributed by atoms with Gasteiger partial charge in [0.25, 0.3) is 5.91 Å². The van der Waals surface area contributed by atoms with Crippen LogP contribution in [0, 0.1) is 6.92 Å². The van der Waals surface area contributed by atoms with Crippen LogP contribution in [-0.4, -0.2) is 16.0 Å². The molecule has 0 saturated heterocycles. The summed E-state index contributed by atoms with van der Waals surface area (Å²) in [5.41, 5.74) is 2.44. The van der Waals surface area contributed by atoms with Gasteiger partial charge in [-0.3, -0.25) is 9.78 Å². The van der Waals surface area contributed by atoms with Gasteiger partial charge in [-0.1, -0.05) is 24.3 Å². The molecule has 2 N–H and O–H groups in total. The van der Waals surface area contributed by atoms with Gasteiger partial charge in [-0.05, 0) is 36.8 Å². The number of hydrogen-bond acceptors (Lipinski definition) is 3. The summed E-state index contributed by atoms with van der Waals surface area (Å²) in [5, 5.41) is 13.5. The molecule has 0 aliphatic rings. The highest BCUT2D eigenvalue weighted by Crippen LogP contribution is 2.25. The number of rotatable bonds is 2. The van der Waals surface area contributed by atoms with Gasteiger partial charge in [-0.15, -0.1) is 0 Å². The third kappa shape index (κ3) is 2.56. The summed E-state index contributed by atoms with van der Waals surface area (Å²) < 4.78 is 0. The number of phenols is 1. The van der Waals surface area contributed by atoms with Gasteiger partial charge in [0.15, 0.2) is 0 Å². The average Bonchev–Trinajstić information content (AvgIpc) is 2.49. The van der Waals surface area contributed by atoms with Crippen molar-refractivity contribution in [1.82, 2.24) is 4.98 Å². The molecule has 1 aromatic heterocycles. The van der Waals surface area contributed by atoms with Crippen molar-refractivity contribution in [2.24, 2.45) is 0 Å². The van der Waals surface area contributed by atoms with E-state index in [9.17, 15) is 9.90 Å². The Morgan fingerprint density at radius 1 is 1.14 bits per heavy atom. The van der Waals surface area contributed by atoms with Crippen LogP contribution in [0.2, 0.25) is 0 Å². The predicted octanol–water partition coefficient (Wildman–Crippen LogP) is 3.50. The lowest BCUT2D eigenvalue weighted by Gasteiger charge is -2.09. The molecule has 104 valence electrons. The molecule has 0 bridgehead atoms. The Balaban J connectivity index is 1.97.